The van der Waals surface area contributed by atoms with Gasteiger partial charge in [0.25, 0.3) is 0 Å². The fourth-order valence-electron chi connectivity index (χ4n) is 4.44. The molecule has 16 heteroatoms. The first kappa shape index (κ1) is 35.6. The van der Waals surface area contributed by atoms with Crippen LogP contribution in [-0.2, 0) is 20.2 Å². The van der Waals surface area contributed by atoms with Crippen LogP contribution in [-0.4, -0.2) is 55.9 Å². The average Bonchev–Trinajstić information content (AvgIpc) is 3.71. The quantitative estimate of drug-likeness (QED) is 0.102. The Kier molecular flexibility index (Phi) is 11.3. The molecular formula is C30H20N6Na2O6S2. The van der Waals surface area contributed by atoms with Crippen LogP contribution < -0.4 is 59.1 Å². The van der Waals surface area contributed by atoms with E-state index in [0.29, 0.717) is 11.4 Å². The molecule has 0 amide bonds. The van der Waals surface area contributed by atoms with Gasteiger partial charge in [0.2, 0.25) is 0 Å². The first-order chi connectivity index (χ1) is 21.1. The second-order valence-electron chi connectivity index (χ2n) is 9.46. The van der Waals surface area contributed by atoms with Crippen molar-refractivity contribution in [1.29, 1.82) is 0 Å². The van der Waals surface area contributed by atoms with E-state index in [9.17, 15) is 25.9 Å². The predicted octanol–water partition coefficient (Wildman–Crippen LogP) is -1.83. The number of aromatic nitrogens is 6. The standard InChI is InChI=1S/C30H22N6O6S2.2Na/c37-43(38,39)29-17-25(35-31-19-27(33-35)21-7-3-1-4-8-21)15-13-23(29)11-12-24-14-16-26(18-30(24)44(40,41)42)36-32-20-28(34-36)22-9-5-2-6-10-22;;/h1-20H,(H,37,38,39)(H,40,41,42);;/q;2*+1/p-2/b12-11-;;. The topological polar surface area (TPSA) is 176 Å². The summed E-state index contributed by atoms with van der Waals surface area (Å²) in [4.78, 5) is 1.22. The third-order valence-corrected chi connectivity index (χ3v) is 8.34. The van der Waals surface area contributed by atoms with Crippen LogP contribution in [0.3, 0.4) is 0 Å². The summed E-state index contributed by atoms with van der Waals surface area (Å²) in [7, 11) is -9.97. The maximum Gasteiger partial charge on any atom is 1.00 e. The molecule has 0 N–H and O–H groups in total. The molecule has 0 saturated heterocycles. The van der Waals surface area contributed by atoms with E-state index in [0.717, 1.165) is 23.3 Å². The van der Waals surface area contributed by atoms with Gasteiger partial charge in [-0.05, 0) is 35.4 Å². The van der Waals surface area contributed by atoms with Crippen molar-refractivity contribution in [3.05, 3.63) is 121 Å². The van der Waals surface area contributed by atoms with E-state index in [4.69, 9.17) is 0 Å². The van der Waals surface area contributed by atoms with Crippen molar-refractivity contribution in [2.45, 2.75) is 9.79 Å². The van der Waals surface area contributed by atoms with Crippen LogP contribution in [0.1, 0.15) is 11.1 Å². The Morgan fingerprint density at radius 1 is 0.543 bits per heavy atom. The zero-order chi connectivity index (χ0) is 30.9. The zero-order valence-corrected chi connectivity index (χ0v) is 30.1. The van der Waals surface area contributed by atoms with Crippen LogP contribution in [0.2, 0.25) is 0 Å². The molecule has 0 fully saturated rings. The summed E-state index contributed by atoms with van der Waals surface area (Å²) in [5.41, 5.74) is 3.04. The monoisotopic (exact) mass is 670 g/mol. The van der Waals surface area contributed by atoms with Gasteiger partial charge in [0.05, 0.1) is 33.6 Å². The minimum absolute atomic E-state index is 0. The summed E-state index contributed by atoms with van der Waals surface area (Å²) in [6, 6.07) is 26.4. The van der Waals surface area contributed by atoms with Crippen molar-refractivity contribution in [3.63, 3.8) is 0 Å². The predicted molar refractivity (Wildman–Crippen MR) is 158 cm³/mol. The fraction of sp³-hybridized carbons (Fsp3) is 0. The summed E-state index contributed by atoms with van der Waals surface area (Å²) < 4.78 is 73.2. The van der Waals surface area contributed by atoms with E-state index in [1.807, 2.05) is 60.7 Å². The first-order valence-electron chi connectivity index (χ1n) is 12.9. The number of benzene rings is 4. The first-order valence-corrected chi connectivity index (χ1v) is 15.7. The number of hydrogen-bond donors (Lipinski definition) is 0. The molecule has 6 rings (SSSR count). The second kappa shape index (κ2) is 14.6. The van der Waals surface area contributed by atoms with Crippen LogP contribution in [0.25, 0.3) is 46.0 Å². The molecule has 12 nitrogen and oxygen atoms in total. The minimum Gasteiger partial charge on any atom is -0.744 e. The van der Waals surface area contributed by atoms with E-state index < -0.39 is 30.0 Å². The van der Waals surface area contributed by atoms with Crippen molar-refractivity contribution in [2.24, 2.45) is 0 Å². The van der Waals surface area contributed by atoms with Crippen LogP contribution in [0, 0.1) is 0 Å². The Morgan fingerprint density at radius 3 is 1.26 bits per heavy atom. The van der Waals surface area contributed by atoms with Gasteiger partial charge in [0.15, 0.2) is 0 Å². The molecule has 0 atom stereocenters. The normalized spacial score (nSPS) is 11.6. The molecule has 0 aliphatic heterocycles. The summed E-state index contributed by atoms with van der Waals surface area (Å²) in [6.45, 7) is 0. The van der Waals surface area contributed by atoms with Gasteiger partial charge in [-0.25, -0.2) is 16.8 Å². The van der Waals surface area contributed by atoms with Crippen molar-refractivity contribution in [2.75, 3.05) is 0 Å². The van der Waals surface area contributed by atoms with Crippen molar-refractivity contribution >= 4 is 32.4 Å². The minimum atomic E-state index is -4.99. The van der Waals surface area contributed by atoms with Gasteiger partial charge in [0, 0.05) is 11.1 Å². The third-order valence-electron chi connectivity index (χ3n) is 6.56. The van der Waals surface area contributed by atoms with Gasteiger partial charge in [0.1, 0.15) is 31.6 Å². The van der Waals surface area contributed by atoms with E-state index >= 15 is 0 Å². The fourth-order valence-corrected chi connectivity index (χ4v) is 5.82. The maximum atomic E-state index is 12.2. The molecule has 4 aromatic carbocycles. The average molecular weight is 671 g/mol. The molecule has 0 aliphatic carbocycles. The van der Waals surface area contributed by atoms with Crippen LogP contribution in [0.5, 0.6) is 0 Å². The summed E-state index contributed by atoms with van der Waals surface area (Å²) in [5, 5.41) is 17.1. The van der Waals surface area contributed by atoms with Gasteiger partial charge in [-0.3, -0.25) is 0 Å². The number of rotatable bonds is 8. The van der Waals surface area contributed by atoms with Crippen molar-refractivity contribution in [1.82, 2.24) is 30.0 Å². The molecule has 2 heterocycles. The van der Waals surface area contributed by atoms with E-state index in [1.54, 1.807) is 0 Å². The smallest absolute Gasteiger partial charge is 0.744 e. The Hall–Kier alpha value is -3.28. The van der Waals surface area contributed by atoms with Crippen LogP contribution >= 0.6 is 0 Å². The second-order valence-corrected chi connectivity index (χ2v) is 12.2. The molecule has 0 bridgehead atoms. The Bertz CT molecular complexity index is 2080. The van der Waals surface area contributed by atoms with Gasteiger partial charge < -0.3 is 9.11 Å². The number of hydrogen-bond acceptors (Lipinski definition) is 10. The van der Waals surface area contributed by atoms with E-state index in [2.05, 4.69) is 20.4 Å². The molecule has 6 aromatic rings. The van der Waals surface area contributed by atoms with Gasteiger partial charge in [-0.1, -0.05) is 84.9 Å². The summed E-state index contributed by atoms with van der Waals surface area (Å²) in [6.07, 6.45) is 5.49. The van der Waals surface area contributed by atoms with E-state index in [1.165, 1.54) is 58.4 Å². The van der Waals surface area contributed by atoms with E-state index in [-0.39, 0.29) is 81.6 Å². The van der Waals surface area contributed by atoms with Crippen molar-refractivity contribution < 1.29 is 85.1 Å². The molecular weight excluding hydrogens is 650 g/mol. The molecule has 0 unspecified atom stereocenters. The third kappa shape index (κ3) is 7.98. The molecule has 46 heavy (non-hydrogen) atoms. The molecule has 0 aliphatic rings. The van der Waals surface area contributed by atoms with Gasteiger partial charge in [-0.2, -0.15) is 19.8 Å². The van der Waals surface area contributed by atoms with Gasteiger partial charge in [-0.15, -0.1) is 10.2 Å². The van der Waals surface area contributed by atoms with Crippen LogP contribution in [0.15, 0.2) is 119 Å². The number of nitrogens with zero attached hydrogens (tertiary/aromatic N) is 6. The van der Waals surface area contributed by atoms with Crippen molar-refractivity contribution in [3.8, 4) is 33.9 Å². The molecule has 0 saturated carbocycles. The van der Waals surface area contributed by atoms with Gasteiger partial charge >= 0.3 is 59.1 Å². The maximum absolute atomic E-state index is 12.2. The summed E-state index contributed by atoms with van der Waals surface area (Å²) >= 11 is 0. The van der Waals surface area contributed by atoms with Crippen LogP contribution in [0.4, 0.5) is 0 Å². The molecule has 2 aromatic heterocycles. The molecule has 0 spiro atoms. The summed E-state index contributed by atoms with van der Waals surface area (Å²) in [5.74, 6) is 0. The SMILES string of the molecule is O=S(=O)([O-])c1cc(-n2ncc(-c3ccccc3)n2)ccc1/C=C\c1ccc(-n2ncc(-c3ccccc3)n2)cc1S(=O)(=O)[O-].[Na+].[Na+]. The zero-order valence-electron chi connectivity index (χ0n) is 24.5. The largest absolute Gasteiger partial charge is 1.00 e. The molecule has 220 valence electrons. The Morgan fingerprint density at radius 2 is 0.913 bits per heavy atom. The Labute approximate surface area is 308 Å². The molecule has 0 radical (unpaired) electrons. The Balaban J connectivity index is 0.00000240.